The molecule has 0 aromatic heterocycles. The van der Waals surface area contributed by atoms with Gasteiger partial charge in [0, 0.05) is 32.2 Å². The standard InChI is InChI=1S/C22H29N3O2/c1-16(2)25-15-18(13-21(25)22(26)23-3)24-14-17-8-7-11-20(12-17)27-19-9-5-4-6-10-19/h4-12,16,18,21,24H,13-15H2,1-3H3,(H,23,26)/t18-,21+/m1/s1. The number of carbonyl (C=O) groups is 1. The van der Waals surface area contributed by atoms with E-state index in [1.54, 1.807) is 7.05 Å². The Hall–Kier alpha value is -2.37. The molecular formula is C22H29N3O2. The number of likely N-dealkylation sites (tertiary alicyclic amines) is 1. The Morgan fingerprint density at radius 3 is 2.59 bits per heavy atom. The minimum absolute atomic E-state index is 0.0553. The molecular weight excluding hydrogens is 338 g/mol. The molecule has 1 heterocycles. The van der Waals surface area contributed by atoms with Crippen molar-refractivity contribution in [2.75, 3.05) is 13.6 Å². The predicted molar refractivity (Wildman–Crippen MR) is 108 cm³/mol. The maximum Gasteiger partial charge on any atom is 0.237 e. The predicted octanol–water partition coefficient (Wildman–Crippen LogP) is 3.17. The lowest BCUT2D eigenvalue weighted by atomic mass is 10.1. The number of amides is 1. The van der Waals surface area contributed by atoms with Gasteiger partial charge >= 0.3 is 0 Å². The summed E-state index contributed by atoms with van der Waals surface area (Å²) in [4.78, 5) is 14.4. The topological polar surface area (TPSA) is 53.6 Å². The van der Waals surface area contributed by atoms with Gasteiger partial charge < -0.3 is 15.4 Å². The van der Waals surface area contributed by atoms with E-state index in [4.69, 9.17) is 4.74 Å². The molecule has 0 radical (unpaired) electrons. The van der Waals surface area contributed by atoms with Crippen molar-refractivity contribution in [2.24, 2.45) is 0 Å². The van der Waals surface area contributed by atoms with E-state index in [2.05, 4.69) is 41.5 Å². The Morgan fingerprint density at radius 2 is 1.89 bits per heavy atom. The molecule has 1 aliphatic rings. The minimum Gasteiger partial charge on any atom is -0.457 e. The van der Waals surface area contributed by atoms with E-state index < -0.39 is 0 Å². The highest BCUT2D eigenvalue weighted by atomic mass is 16.5. The minimum atomic E-state index is -0.0553. The second kappa shape index (κ2) is 9.02. The van der Waals surface area contributed by atoms with Crippen LogP contribution in [0.2, 0.25) is 0 Å². The number of likely N-dealkylation sites (N-methyl/N-ethyl adjacent to an activating group) is 1. The molecule has 27 heavy (non-hydrogen) atoms. The van der Waals surface area contributed by atoms with Crippen LogP contribution in [-0.2, 0) is 11.3 Å². The molecule has 2 atom stereocenters. The molecule has 1 fully saturated rings. The number of nitrogens with one attached hydrogen (secondary N) is 2. The van der Waals surface area contributed by atoms with Crippen LogP contribution >= 0.6 is 0 Å². The van der Waals surface area contributed by atoms with Crippen LogP contribution in [0.4, 0.5) is 0 Å². The third-order valence-corrected chi connectivity index (χ3v) is 5.02. The zero-order valence-electron chi connectivity index (χ0n) is 16.3. The lowest BCUT2D eigenvalue weighted by Crippen LogP contribution is -2.45. The van der Waals surface area contributed by atoms with Crippen LogP contribution in [0.25, 0.3) is 0 Å². The summed E-state index contributed by atoms with van der Waals surface area (Å²) < 4.78 is 5.91. The van der Waals surface area contributed by atoms with Crippen LogP contribution in [-0.4, -0.2) is 42.5 Å². The monoisotopic (exact) mass is 367 g/mol. The molecule has 144 valence electrons. The summed E-state index contributed by atoms with van der Waals surface area (Å²) in [7, 11) is 1.71. The summed E-state index contributed by atoms with van der Waals surface area (Å²) >= 11 is 0. The molecule has 0 unspecified atom stereocenters. The van der Waals surface area contributed by atoms with Crippen molar-refractivity contribution in [1.82, 2.24) is 15.5 Å². The maximum absolute atomic E-state index is 12.2. The first kappa shape index (κ1) is 19.4. The van der Waals surface area contributed by atoms with Crippen molar-refractivity contribution in [2.45, 2.75) is 44.9 Å². The van der Waals surface area contributed by atoms with Crippen molar-refractivity contribution in [3.63, 3.8) is 0 Å². The van der Waals surface area contributed by atoms with Crippen molar-refractivity contribution >= 4 is 5.91 Å². The van der Waals surface area contributed by atoms with Crippen LogP contribution in [0.15, 0.2) is 54.6 Å². The molecule has 1 aliphatic heterocycles. The first-order valence-electron chi connectivity index (χ1n) is 9.59. The van der Waals surface area contributed by atoms with Crippen LogP contribution in [0.5, 0.6) is 11.5 Å². The second-order valence-corrected chi connectivity index (χ2v) is 7.30. The molecule has 2 N–H and O–H groups in total. The van der Waals surface area contributed by atoms with E-state index in [0.717, 1.165) is 31.0 Å². The largest absolute Gasteiger partial charge is 0.457 e. The Balaban J connectivity index is 1.58. The Labute approximate surface area is 161 Å². The van der Waals surface area contributed by atoms with Gasteiger partial charge in [0.15, 0.2) is 0 Å². The maximum atomic E-state index is 12.2. The van der Waals surface area contributed by atoms with E-state index >= 15 is 0 Å². The fourth-order valence-electron chi connectivity index (χ4n) is 3.61. The molecule has 2 aromatic carbocycles. The number of para-hydroxylation sites is 1. The molecule has 0 bridgehead atoms. The molecule has 1 amide bonds. The first-order valence-corrected chi connectivity index (χ1v) is 9.59. The number of nitrogens with zero attached hydrogens (tertiary/aromatic N) is 1. The van der Waals surface area contributed by atoms with Gasteiger partial charge in [-0.25, -0.2) is 0 Å². The van der Waals surface area contributed by atoms with Gasteiger partial charge in [0.1, 0.15) is 11.5 Å². The summed E-state index contributed by atoms with van der Waals surface area (Å²) in [6.07, 6.45) is 0.831. The van der Waals surface area contributed by atoms with Gasteiger partial charge in [-0.3, -0.25) is 9.69 Å². The molecule has 3 rings (SSSR count). The highest BCUT2D eigenvalue weighted by Gasteiger charge is 2.37. The van der Waals surface area contributed by atoms with Gasteiger partial charge in [-0.1, -0.05) is 30.3 Å². The number of benzene rings is 2. The van der Waals surface area contributed by atoms with Crippen LogP contribution in [0.3, 0.4) is 0 Å². The van der Waals surface area contributed by atoms with Gasteiger partial charge in [-0.2, -0.15) is 0 Å². The summed E-state index contributed by atoms with van der Waals surface area (Å²) in [6.45, 7) is 5.92. The molecule has 0 aliphatic carbocycles. The summed E-state index contributed by atoms with van der Waals surface area (Å²) in [5, 5.41) is 6.40. The third-order valence-electron chi connectivity index (χ3n) is 5.02. The quantitative estimate of drug-likeness (QED) is 0.789. The number of rotatable bonds is 7. The number of hydrogen-bond acceptors (Lipinski definition) is 4. The smallest absolute Gasteiger partial charge is 0.237 e. The molecule has 5 heteroatoms. The molecule has 5 nitrogen and oxygen atoms in total. The number of ether oxygens (including phenoxy) is 1. The van der Waals surface area contributed by atoms with Crippen LogP contribution < -0.4 is 15.4 Å². The Bertz CT molecular complexity index is 748. The van der Waals surface area contributed by atoms with Gasteiger partial charge in [0.2, 0.25) is 5.91 Å². The van der Waals surface area contributed by atoms with E-state index in [1.807, 2.05) is 42.5 Å². The third kappa shape index (κ3) is 5.08. The average Bonchev–Trinajstić information content (AvgIpc) is 3.12. The van der Waals surface area contributed by atoms with Gasteiger partial charge in [0.25, 0.3) is 0 Å². The van der Waals surface area contributed by atoms with Gasteiger partial charge in [-0.15, -0.1) is 0 Å². The highest BCUT2D eigenvalue weighted by Crippen LogP contribution is 2.23. The fourth-order valence-corrected chi connectivity index (χ4v) is 3.61. The van der Waals surface area contributed by atoms with Crippen molar-refractivity contribution in [3.05, 3.63) is 60.2 Å². The van der Waals surface area contributed by atoms with Crippen molar-refractivity contribution < 1.29 is 9.53 Å². The summed E-state index contributed by atoms with van der Waals surface area (Å²) in [5.41, 5.74) is 1.17. The Kier molecular flexibility index (Phi) is 6.48. The summed E-state index contributed by atoms with van der Waals surface area (Å²) in [5.74, 6) is 1.77. The SMILES string of the molecule is CNC(=O)[C@@H]1C[C@@H](NCc2cccc(Oc3ccccc3)c2)CN1C(C)C. The van der Waals surface area contributed by atoms with Crippen molar-refractivity contribution in [1.29, 1.82) is 0 Å². The number of hydrogen-bond donors (Lipinski definition) is 2. The van der Waals surface area contributed by atoms with Gasteiger partial charge in [0.05, 0.1) is 6.04 Å². The molecule has 0 spiro atoms. The normalized spacial score (nSPS) is 20.0. The Morgan fingerprint density at radius 1 is 1.15 bits per heavy atom. The van der Waals surface area contributed by atoms with Gasteiger partial charge in [-0.05, 0) is 50.1 Å². The first-order chi connectivity index (χ1) is 13.1. The molecule has 0 saturated carbocycles. The fraction of sp³-hybridized carbons (Fsp3) is 0.409. The van der Waals surface area contributed by atoms with E-state index in [9.17, 15) is 4.79 Å². The lowest BCUT2D eigenvalue weighted by molar-refractivity contribution is -0.125. The second-order valence-electron chi connectivity index (χ2n) is 7.30. The van der Waals surface area contributed by atoms with E-state index in [1.165, 1.54) is 5.56 Å². The van der Waals surface area contributed by atoms with Crippen LogP contribution in [0.1, 0.15) is 25.8 Å². The molecule has 1 saturated heterocycles. The lowest BCUT2D eigenvalue weighted by Gasteiger charge is -2.26. The van der Waals surface area contributed by atoms with E-state index in [-0.39, 0.29) is 11.9 Å². The summed E-state index contributed by atoms with van der Waals surface area (Å²) in [6, 6.07) is 18.5. The zero-order valence-corrected chi connectivity index (χ0v) is 16.3. The van der Waals surface area contributed by atoms with E-state index in [0.29, 0.717) is 12.1 Å². The van der Waals surface area contributed by atoms with Crippen molar-refractivity contribution in [3.8, 4) is 11.5 Å². The zero-order chi connectivity index (χ0) is 19.2. The molecule has 2 aromatic rings. The van der Waals surface area contributed by atoms with Crippen LogP contribution in [0, 0.1) is 0 Å². The average molecular weight is 367 g/mol. The number of carbonyl (C=O) groups excluding carboxylic acids is 1. The highest BCUT2D eigenvalue weighted by molar-refractivity contribution is 5.81.